The first-order chi connectivity index (χ1) is 15.7. The molecule has 0 spiro atoms. The molecule has 0 aliphatic carbocycles. The minimum atomic E-state index is 0.614. The van der Waals surface area contributed by atoms with Crippen molar-refractivity contribution >= 4 is 5.96 Å². The number of hydrogen-bond acceptors (Lipinski definition) is 4. The van der Waals surface area contributed by atoms with E-state index in [-0.39, 0.29) is 0 Å². The van der Waals surface area contributed by atoms with Gasteiger partial charge in [-0.05, 0) is 54.3 Å². The van der Waals surface area contributed by atoms with Crippen LogP contribution in [0.3, 0.4) is 0 Å². The Kier molecular flexibility index (Phi) is 8.31. The highest BCUT2D eigenvalue weighted by Gasteiger charge is 2.12. The van der Waals surface area contributed by atoms with Crippen molar-refractivity contribution < 1.29 is 9.47 Å². The maximum absolute atomic E-state index is 5.51. The van der Waals surface area contributed by atoms with E-state index in [0.29, 0.717) is 18.7 Å². The molecule has 0 atom stereocenters. The predicted molar refractivity (Wildman–Crippen MR) is 129 cm³/mol. The zero-order chi connectivity index (χ0) is 22.8. The molecule has 0 fully saturated rings. The van der Waals surface area contributed by atoms with Crippen molar-refractivity contribution in [1.82, 2.24) is 20.4 Å². The van der Waals surface area contributed by atoms with Crippen molar-refractivity contribution in [3.63, 3.8) is 0 Å². The quantitative estimate of drug-likeness (QED) is 0.291. The summed E-state index contributed by atoms with van der Waals surface area (Å²) in [5, 5.41) is 11.0. The molecule has 0 aliphatic heterocycles. The lowest BCUT2D eigenvalue weighted by atomic mass is 10.1. The van der Waals surface area contributed by atoms with Gasteiger partial charge in [-0.2, -0.15) is 5.10 Å². The maximum Gasteiger partial charge on any atom is 0.191 e. The summed E-state index contributed by atoms with van der Waals surface area (Å²) in [6.07, 6.45) is 7.17. The van der Waals surface area contributed by atoms with Crippen LogP contribution in [0.5, 0.6) is 11.5 Å². The van der Waals surface area contributed by atoms with Crippen molar-refractivity contribution in [2.75, 3.05) is 27.8 Å². The first-order valence-electron chi connectivity index (χ1n) is 10.6. The SMILES string of the molecule is C=CCc1cc(CNC(=NC)NCCc2ccc(-n3cccn3)cc2)cc(OC)c1OC. The van der Waals surface area contributed by atoms with E-state index in [9.17, 15) is 0 Å². The predicted octanol–water partition coefficient (Wildman–Crippen LogP) is 3.53. The number of allylic oxidation sites excluding steroid dienone is 1. The molecular formula is C25H31N5O2. The number of nitrogens with one attached hydrogen (secondary N) is 2. The minimum absolute atomic E-state index is 0.614. The summed E-state index contributed by atoms with van der Waals surface area (Å²) in [5.41, 5.74) is 4.42. The summed E-state index contributed by atoms with van der Waals surface area (Å²) < 4.78 is 12.9. The van der Waals surface area contributed by atoms with E-state index < -0.39 is 0 Å². The maximum atomic E-state index is 5.51. The van der Waals surface area contributed by atoms with Gasteiger partial charge >= 0.3 is 0 Å². The molecule has 3 aromatic rings. The lowest BCUT2D eigenvalue weighted by Crippen LogP contribution is -2.37. The Bertz CT molecular complexity index is 1030. The van der Waals surface area contributed by atoms with E-state index in [1.807, 2.05) is 29.1 Å². The molecule has 0 saturated carbocycles. The fourth-order valence-corrected chi connectivity index (χ4v) is 3.48. The number of aromatic nitrogens is 2. The van der Waals surface area contributed by atoms with Crippen LogP contribution in [0.1, 0.15) is 16.7 Å². The first kappa shape index (κ1) is 22.9. The Balaban J connectivity index is 1.54. The second-order valence-corrected chi connectivity index (χ2v) is 7.20. The van der Waals surface area contributed by atoms with Crippen LogP contribution in [0.25, 0.3) is 5.69 Å². The number of aliphatic imine (C=N–C) groups is 1. The molecule has 0 bridgehead atoms. The first-order valence-corrected chi connectivity index (χ1v) is 10.6. The summed E-state index contributed by atoms with van der Waals surface area (Å²) >= 11 is 0. The molecule has 1 aromatic heterocycles. The third-order valence-corrected chi connectivity index (χ3v) is 5.07. The van der Waals surface area contributed by atoms with Crippen LogP contribution in [-0.4, -0.2) is 43.6 Å². The van der Waals surface area contributed by atoms with Gasteiger partial charge in [0, 0.05) is 38.1 Å². The highest BCUT2D eigenvalue weighted by Crippen LogP contribution is 2.33. The second kappa shape index (κ2) is 11.6. The molecule has 2 N–H and O–H groups in total. The molecule has 0 unspecified atom stereocenters. The third-order valence-electron chi connectivity index (χ3n) is 5.07. The second-order valence-electron chi connectivity index (χ2n) is 7.20. The van der Waals surface area contributed by atoms with Gasteiger partial charge in [-0.25, -0.2) is 4.68 Å². The van der Waals surface area contributed by atoms with Crippen LogP contribution in [-0.2, 0) is 19.4 Å². The van der Waals surface area contributed by atoms with Crippen LogP contribution < -0.4 is 20.1 Å². The van der Waals surface area contributed by atoms with Gasteiger partial charge in [0.05, 0.1) is 19.9 Å². The largest absolute Gasteiger partial charge is 0.493 e. The van der Waals surface area contributed by atoms with Gasteiger partial charge in [0.2, 0.25) is 0 Å². The minimum Gasteiger partial charge on any atom is -0.493 e. The summed E-state index contributed by atoms with van der Waals surface area (Å²) in [6, 6.07) is 14.4. The van der Waals surface area contributed by atoms with Gasteiger partial charge in [0.15, 0.2) is 17.5 Å². The summed E-state index contributed by atoms with van der Waals surface area (Å²) in [4.78, 5) is 4.33. The van der Waals surface area contributed by atoms with Gasteiger partial charge in [-0.15, -0.1) is 6.58 Å². The van der Waals surface area contributed by atoms with Crippen LogP contribution in [0.2, 0.25) is 0 Å². The Morgan fingerprint density at radius 1 is 1.12 bits per heavy atom. The van der Waals surface area contributed by atoms with Crippen molar-refractivity contribution in [2.24, 2.45) is 4.99 Å². The van der Waals surface area contributed by atoms with Crippen LogP contribution >= 0.6 is 0 Å². The Hall–Kier alpha value is -3.74. The molecule has 0 radical (unpaired) electrons. The lowest BCUT2D eigenvalue weighted by molar-refractivity contribution is 0.352. The number of nitrogens with zero attached hydrogens (tertiary/aromatic N) is 3. The van der Waals surface area contributed by atoms with Crippen molar-refractivity contribution in [2.45, 2.75) is 19.4 Å². The van der Waals surface area contributed by atoms with Gasteiger partial charge in [0.25, 0.3) is 0 Å². The molecule has 1 heterocycles. The highest BCUT2D eigenvalue weighted by atomic mass is 16.5. The van der Waals surface area contributed by atoms with Crippen molar-refractivity contribution in [1.29, 1.82) is 0 Å². The number of rotatable bonds is 10. The summed E-state index contributed by atoms with van der Waals surface area (Å²) in [5.74, 6) is 2.21. The van der Waals surface area contributed by atoms with Crippen molar-refractivity contribution in [3.8, 4) is 17.2 Å². The summed E-state index contributed by atoms with van der Waals surface area (Å²) in [7, 11) is 5.07. The number of benzene rings is 2. The molecule has 32 heavy (non-hydrogen) atoms. The van der Waals surface area contributed by atoms with Crippen molar-refractivity contribution in [3.05, 3.63) is 84.2 Å². The van der Waals surface area contributed by atoms with E-state index in [1.54, 1.807) is 27.5 Å². The lowest BCUT2D eigenvalue weighted by Gasteiger charge is -2.16. The average molecular weight is 434 g/mol. The zero-order valence-electron chi connectivity index (χ0n) is 19.0. The van der Waals surface area contributed by atoms with Crippen LogP contribution in [0.4, 0.5) is 0 Å². The molecule has 3 rings (SSSR count). The number of hydrogen-bond donors (Lipinski definition) is 2. The topological polar surface area (TPSA) is 72.7 Å². The zero-order valence-corrected chi connectivity index (χ0v) is 19.0. The van der Waals surface area contributed by atoms with Gasteiger partial charge in [-0.3, -0.25) is 4.99 Å². The summed E-state index contributed by atoms with van der Waals surface area (Å²) in [6.45, 7) is 5.22. The number of guanidine groups is 1. The highest BCUT2D eigenvalue weighted by molar-refractivity contribution is 5.79. The van der Waals surface area contributed by atoms with Gasteiger partial charge < -0.3 is 20.1 Å². The molecule has 0 saturated heterocycles. The van der Waals surface area contributed by atoms with Gasteiger partial charge in [0.1, 0.15) is 0 Å². The fraction of sp³-hybridized carbons (Fsp3) is 0.280. The fourth-order valence-electron chi connectivity index (χ4n) is 3.48. The smallest absolute Gasteiger partial charge is 0.191 e. The third kappa shape index (κ3) is 5.91. The molecule has 168 valence electrons. The Morgan fingerprint density at radius 2 is 1.94 bits per heavy atom. The number of ether oxygens (including phenoxy) is 2. The molecule has 0 aliphatic rings. The Morgan fingerprint density at radius 3 is 2.56 bits per heavy atom. The normalized spacial score (nSPS) is 11.2. The average Bonchev–Trinajstić information content (AvgIpc) is 3.36. The Labute approximate surface area is 189 Å². The van der Waals surface area contributed by atoms with Crippen LogP contribution in [0, 0.1) is 0 Å². The van der Waals surface area contributed by atoms with Crippen LogP contribution in [0.15, 0.2) is 72.5 Å². The van der Waals surface area contributed by atoms with E-state index in [4.69, 9.17) is 9.47 Å². The van der Waals surface area contributed by atoms with E-state index >= 15 is 0 Å². The van der Waals surface area contributed by atoms with E-state index in [1.165, 1.54) is 5.56 Å². The number of methoxy groups -OCH3 is 2. The van der Waals surface area contributed by atoms with E-state index in [2.05, 4.69) is 57.6 Å². The molecule has 7 nitrogen and oxygen atoms in total. The monoisotopic (exact) mass is 433 g/mol. The van der Waals surface area contributed by atoms with E-state index in [0.717, 1.165) is 41.5 Å². The standard InChI is InChI=1S/C25H31N5O2/c1-5-7-21-16-20(17-23(31-3)24(21)32-4)18-28-25(26-2)27-14-12-19-8-10-22(11-9-19)30-15-6-13-29-30/h5-6,8-11,13,15-17H,1,7,12,14,18H2,2-4H3,(H2,26,27,28). The molecule has 2 aromatic carbocycles. The molecule has 0 amide bonds. The van der Waals surface area contributed by atoms with Gasteiger partial charge in [-0.1, -0.05) is 18.2 Å². The molecular weight excluding hydrogens is 402 g/mol. The molecule has 7 heteroatoms.